The molecule has 0 saturated carbocycles. The first kappa shape index (κ1) is 32.6. The summed E-state index contributed by atoms with van der Waals surface area (Å²) in [6, 6.07) is 11.7. The number of nitriles is 1. The van der Waals surface area contributed by atoms with E-state index < -0.39 is 33.4 Å². The van der Waals surface area contributed by atoms with Crippen molar-refractivity contribution in [1.29, 1.82) is 5.26 Å². The van der Waals surface area contributed by atoms with Gasteiger partial charge in [0, 0.05) is 60.8 Å². The molecule has 4 saturated heterocycles. The van der Waals surface area contributed by atoms with E-state index >= 15 is 4.79 Å². The van der Waals surface area contributed by atoms with Crippen molar-refractivity contribution in [3.05, 3.63) is 65.8 Å². The summed E-state index contributed by atoms with van der Waals surface area (Å²) >= 11 is 0. The number of fused-ring (bicyclic) bond motifs is 1. The predicted octanol–water partition coefficient (Wildman–Crippen LogP) is 2.64. The van der Waals surface area contributed by atoms with Crippen LogP contribution in [0.4, 0.5) is 0 Å². The Hall–Kier alpha value is -3.96. The molecule has 3 atom stereocenters. The van der Waals surface area contributed by atoms with Gasteiger partial charge >= 0.3 is 0 Å². The van der Waals surface area contributed by atoms with Crippen LogP contribution in [0.15, 0.2) is 65.2 Å². The van der Waals surface area contributed by atoms with Gasteiger partial charge in [0.05, 0.1) is 32.9 Å². The van der Waals surface area contributed by atoms with Crippen LogP contribution in [0, 0.1) is 22.7 Å². The lowest BCUT2D eigenvalue weighted by Gasteiger charge is -2.66. The summed E-state index contributed by atoms with van der Waals surface area (Å²) in [6.45, 7) is 7.43. The maximum atomic E-state index is 15.4. The minimum absolute atomic E-state index is 0.0102. The molecule has 7 rings (SSSR count). The van der Waals surface area contributed by atoms with Crippen molar-refractivity contribution in [2.24, 2.45) is 11.3 Å². The Morgan fingerprint density at radius 3 is 2.48 bits per heavy atom. The summed E-state index contributed by atoms with van der Waals surface area (Å²) in [7, 11) is 0.644. The quantitative estimate of drug-likeness (QED) is 0.390. The lowest BCUT2D eigenvalue weighted by Crippen LogP contribution is -2.78. The van der Waals surface area contributed by atoms with Crippen LogP contribution >= 0.6 is 0 Å². The molecule has 1 aromatic carbocycles. The maximum absolute atomic E-state index is 15.4. The number of pyridine rings is 1. The third kappa shape index (κ3) is 5.00. The van der Waals surface area contributed by atoms with E-state index in [2.05, 4.69) is 32.8 Å². The molecule has 254 valence electrons. The van der Waals surface area contributed by atoms with Crippen molar-refractivity contribution in [2.75, 3.05) is 67.1 Å². The summed E-state index contributed by atoms with van der Waals surface area (Å²) in [4.78, 5) is 26.7. The molecule has 1 aliphatic carbocycles. The predicted molar refractivity (Wildman–Crippen MR) is 177 cm³/mol. The van der Waals surface area contributed by atoms with Gasteiger partial charge in [-0.3, -0.25) is 14.6 Å². The molecule has 5 aliphatic rings. The van der Waals surface area contributed by atoms with Gasteiger partial charge in [-0.25, -0.2) is 4.31 Å². The number of ether oxygens (including phenoxy) is 3. The Bertz CT molecular complexity index is 1800. The molecule has 2 unspecified atom stereocenters. The van der Waals surface area contributed by atoms with Crippen LogP contribution in [0.1, 0.15) is 25.3 Å². The van der Waals surface area contributed by atoms with E-state index in [4.69, 9.17) is 14.2 Å². The number of likely N-dealkylation sites (tertiary alicyclic amines) is 3. The van der Waals surface area contributed by atoms with Crippen LogP contribution in [0.2, 0.25) is 0 Å². The second-order valence-electron chi connectivity index (χ2n) is 13.6. The summed E-state index contributed by atoms with van der Waals surface area (Å²) < 4.78 is 47.1. The zero-order valence-electron chi connectivity index (χ0n) is 27.8. The number of aromatic nitrogens is 1. The fourth-order valence-corrected chi connectivity index (χ4v) is 10.0. The molecule has 4 aliphatic heterocycles. The summed E-state index contributed by atoms with van der Waals surface area (Å²) in [5, 5.41) is 9.74. The molecule has 0 radical (unpaired) electrons. The normalized spacial score (nSPS) is 27.5. The fourth-order valence-electron chi connectivity index (χ4n) is 8.48. The van der Waals surface area contributed by atoms with Crippen molar-refractivity contribution in [2.45, 2.75) is 42.4 Å². The number of methoxy groups -OCH3 is 2. The van der Waals surface area contributed by atoms with Gasteiger partial charge in [0.25, 0.3) is 15.9 Å². The van der Waals surface area contributed by atoms with Crippen LogP contribution in [0.3, 0.4) is 0 Å². The molecule has 2 aromatic rings. The molecular weight excluding hydrogens is 632 g/mol. The lowest BCUT2D eigenvalue weighted by molar-refractivity contribution is -0.181. The number of carbonyl (C=O) groups excluding carboxylic acids is 1. The maximum Gasteiger partial charge on any atom is 0.284 e. The van der Waals surface area contributed by atoms with Gasteiger partial charge < -0.3 is 19.1 Å². The highest BCUT2D eigenvalue weighted by molar-refractivity contribution is 7.89. The van der Waals surface area contributed by atoms with Crippen LogP contribution in [-0.2, 0) is 20.4 Å². The number of piperidine rings is 1. The third-order valence-electron chi connectivity index (χ3n) is 10.8. The topological polar surface area (TPSA) is 129 Å². The third-order valence-corrected chi connectivity index (χ3v) is 12.5. The van der Waals surface area contributed by atoms with Crippen LogP contribution in [0.5, 0.6) is 17.4 Å². The van der Waals surface area contributed by atoms with Gasteiger partial charge in [-0.15, -0.1) is 0 Å². The first-order valence-electron chi connectivity index (χ1n) is 16.5. The first-order valence-corrected chi connectivity index (χ1v) is 17.9. The molecule has 1 spiro atoms. The Labute approximate surface area is 282 Å². The molecule has 1 amide bonds. The minimum atomic E-state index is -4.48. The van der Waals surface area contributed by atoms with E-state index in [-0.39, 0.29) is 16.3 Å². The first-order chi connectivity index (χ1) is 23.1. The Kier molecular flexibility index (Phi) is 8.26. The second kappa shape index (κ2) is 12.2. The van der Waals surface area contributed by atoms with Gasteiger partial charge in [0.1, 0.15) is 17.0 Å². The SMILES string of the molecule is CCOc1ccc(OC)cc1[C@]1(N2CC3(CN(C4CCN(C)CC4)C3)C2)C(=O)N(S(=O)(=O)c2cccc(OC)n2)C2C=CC(C#N)=CC21. The Balaban J connectivity index is 1.34. The van der Waals surface area contributed by atoms with E-state index in [0.717, 1.165) is 43.3 Å². The number of amides is 1. The average Bonchev–Trinajstić information content (AvgIpc) is 3.32. The fraction of sp³-hybridized carbons (Fsp3) is 0.514. The Morgan fingerprint density at radius 1 is 1.06 bits per heavy atom. The Morgan fingerprint density at radius 2 is 1.81 bits per heavy atom. The van der Waals surface area contributed by atoms with Crippen LogP contribution in [0.25, 0.3) is 0 Å². The highest BCUT2D eigenvalue weighted by atomic mass is 32.2. The van der Waals surface area contributed by atoms with E-state index in [1.165, 1.54) is 19.2 Å². The number of allylic oxidation sites excluding steroid dienone is 2. The summed E-state index contributed by atoms with van der Waals surface area (Å²) in [6.07, 6.45) is 7.28. The number of carbonyl (C=O) groups is 1. The number of hydrogen-bond acceptors (Lipinski definition) is 11. The zero-order chi connectivity index (χ0) is 33.8. The van der Waals surface area contributed by atoms with E-state index in [1.807, 2.05) is 6.92 Å². The number of hydrogen-bond donors (Lipinski definition) is 0. The molecule has 5 heterocycles. The van der Waals surface area contributed by atoms with Gasteiger partial charge in [0.15, 0.2) is 5.03 Å². The average molecular weight is 675 g/mol. The molecule has 48 heavy (non-hydrogen) atoms. The van der Waals surface area contributed by atoms with Crippen molar-refractivity contribution < 1.29 is 27.4 Å². The molecular formula is C35H42N6O6S. The zero-order valence-corrected chi connectivity index (χ0v) is 28.6. The molecule has 13 heteroatoms. The lowest BCUT2D eigenvalue weighted by atomic mass is 9.65. The molecule has 12 nitrogen and oxygen atoms in total. The van der Waals surface area contributed by atoms with Crippen LogP contribution in [-0.4, -0.2) is 118 Å². The van der Waals surface area contributed by atoms with Gasteiger partial charge in [-0.2, -0.15) is 18.7 Å². The van der Waals surface area contributed by atoms with Gasteiger partial charge in [-0.05, 0) is 70.2 Å². The summed E-state index contributed by atoms with van der Waals surface area (Å²) in [5.74, 6) is -0.257. The van der Waals surface area contributed by atoms with E-state index in [1.54, 1.807) is 49.6 Å². The van der Waals surface area contributed by atoms with Gasteiger partial charge in [-0.1, -0.05) is 18.2 Å². The molecule has 0 N–H and O–H groups in total. The molecule has 1 aromatic heterocycles. The number of rotatable bonds is 9. The number of nitrogens with zero attached hydrogens (tertiary/aromatic N) is 6. The van der Waals surface area contributed by atoms with Crippen molar-refractivity contribution >= 4 is 15.9 Å². The number of benzene rings is 1. The molecule has 4 fully saturated rings. The van der Waals surface area contributed by atoms with Crippen molar-refractivity contribution in [3.8, 4) is 23.4 Å². The second-order valence-corrected chi connectivity index (χ2v) is 15.4. The highest BCUT2D eigenvalue weighted by Gasteiger charge is 2.70. The summed E-state index contributed by atoms with van der Waals surface area (Å²) in [5.41, 5.74) is -0.642. The van der Waals surface area contributed by atoms with Crippen molar-refractivity contribution in [3.63, 3.8) is 0 Å². The number of sulfonamides is 1. The van der Waals surface area contributed by atoms with Crippen molar-refractivity contribution in [1.82, 2.24) is 24.0 Å². The van der Waals surface area contributed by atoms with Gasteiger partial charge in [0.2, 0.25) is 5.88 Å². The molecule has 0 bridgehead atoms. The van der Waals surface area contributed by atoms with E-state index in [9.17, 15) is 13.7 Å². The van der Waals surface area contributed by atoms with E-state index in [0.29, 0.717) is 48.4 Å². The monoisotopic (exact) mass is 674 g/mol. The van der Waals surface area contributed by atoms with Crippen LogP contribution < -0.4 is 14.2 Å². The standard InChI is InChI=1S/C35H42N6O6S/c1-5-47-30-12-10-26(45-3)18-28(30)35(40-22-34(23-40)20-39(21-34)25-13-15-38(2)16-14-25)27-17-24(19-36)9-11-29(27)41(33(35)42)48(43,44)32-8-6-7-31(37-32)46-4/h6-12,17-18,25,27,29H,5,13-16,20-23H2,1-4H3/t27?,29?,35-/m0/s1. The minimum Gasteiger partial charge on any atom is -0.497 e. The largest absolute Gasteiger partial charge is 0.497 e. The highest BCUT2D eigenvalue weighted by Crippen LogP contribution is 2.58. The smallest absolute Gasteiger partial charge is 0.284 e.